The van der Waals surface area contributed by atoms with Crippen LogP contribution < -0.4 is 19.9 Å². The molecule has 6 heteroatoms. The first-order chi connectivity index (χ1) is 9.65. The highest BCUT2D eigenvalue weighted by molar-refractivity contribution is 7.80. The molecule has 2 rings (SSSR count). The molecule has 0 atom stereocenters. The largest absolute Gasteiger partial charge is 0.493 e. The third-order valence-corrected chi connectivity index (χ3v) is 2.80. The highest BCUT2D eigenvalue weighted by atomic mass is 32.1. The van der Waals surface area contributed by atoms with Crippen molar-refractivity contribution < 1.29 is 14.2 Å². The predicted octanol–water partition coefficient (Wildman–Crippen LogP) is 2.53. The number of ether oxygens (including phenoxy) is 3. The average molecular weight is 290 g/mol. The van der Waals surface area contributed by atoms with Crippen LogP contribution in [0.15, 0.2) is 36.5 Å². The molecule has 0 unspecified atom stereocenters. The van der Waals surface area contributed by atoms with E-state index < -0.39 is 0 Å². The number of methoxy groups -OCH3 is 2. The Morgan fingerprint density at radius 1 is 1.15 bits per heavy atom. The van der Waals surface area contributed by atoms with E-state index in [4.69, 9.17) is 32.2 Å². The highest BCUT2D eigenvalue weighted by Crippen LogP contribution is 2.39. The SMILES string of the molecule is COc1cccc(OC)c1Oc1ccnc(C(N)=S)c1. The van der Waals surface area contributed by atoms with Gasteiger partial charge in [0.25, 0.3) is 0 Å². The minimum atomic E-state index is 0.211. The second kappa shape index (κ2) is 6.21. The molecular weight excluding hydrogens is 276 g/mol. The normalized spacial score (nSPS) is 9.90. The van der Waals surface area contributed by atoms with E-state index in [0.29, 0.717) is 28.7 Å². The van der Waals surface area contributed by atoms with Crippen LogP contribution in [-0.2, 0) is 0 Å². The molecule has 0 bridgehead atoms. The molecule has 0 fully saturated rings. The van der Waals surface area contributed by atoms with E-state index in [9.17, 15) is 0 Å². The molecule has 5 nitrogen and oxygen atoms in total. The van der Waals surface area contributed by atoms with E-state index in [1.54, 1.807) is 44.7 Å². The Morgan fingerprint density at radius 3 is 2.35 bits per heavy atom. The van der Waals surface area contributed by atoms with Crippen LogP contribution in [0.3, 0.4) is 0 Å². The Hall–Kier alpha value is -2.34. The molecule has 0 aliphatic carbocycles. The van der Waals surface area contributed by atoms with Gasteiger partial charge in [0.05, 0.1) is 14.2 Å². The van der Waals surface area contributed by atoms with Crippen LogP contribution in [0, 0.1) is 0 Å². The molecular formula is C14H14N2O3S. The van der Waals surface area contributed by atoms with E-state index in [1.807, 2.05) is 6.07 Å². The lowest BCUT2D eigenvalue weighted by Crippen LogP contribution is -2.11. The van der Waals surface area contributed by atoms with E-state index in [1.165, 1.54) is 0 Å². The van der Waals surface area contributed by atoms with E-state index in [-0.39, 0.29) is 4.99 Å². The van der Waals surface area contributed by atoms with Crippen LogP contribution in [0.25, 0.3) is 0 Å². The summed E-state index contributed by atoms with van der Waals surface area (Å²) < 4.78 is 16.3. The minimum Gasteiger partial charge on any atom is -0.493 e. The van der Waals surface area contributed by atoms with Crippen molar-refractivity contribution in [1.82, 2.24) is 4.98 Å². The molecule has 104 valence electrons. The summed E-state index contributed by atoms with van der Waals surface area (Å²) in [4.78, 5) is 4.27. The van der Waals surface area contributed by atoms with Gasteiger partial charge in [-0.05, 0) is 18.2 Å². The standard InChI is InChI=1S/C14H14N2O3S/c1-17-11-4-3-5-12(18-2)13(11)19-9-6-7-16-10(8-9)14(15)20/h3-8H,1-2H3,(H2,15,20). The summed E-state index contributed by atoms with van der Waals surface area (Å²) in [5.41, 5.74) is 6.04. The predicted molar refractivity (Wildman–Crippen MR) is 79.7 cm³/mol. The second-order valence-corrected chi connectivity index (χ2v) is 4.27. The lowest BCUT2D eigenvalue weighted by Gasteiger charge is -2.14. The Balaban J connectivity index is 2.39. The Bertz CT molecular complexity index is 609. The van der Waals surface area contributed by atoms with Gasteiger partial charge in [0.1, 0.15) is 16.4 Å². The zero-order chi connectivity index (χ0) is 14.5. The molecule has 0 radical (unpaired) electrons. The first-order valence-electron chi connectivity index (χ1n) is 5.80. The Labute approximate surface area is 122 Å². The summed E-state index contributed by atoms with van der Waals surface area (Å²) in [5.74, 6) is 2.17. The summed E-state index contributed by atoms with van der Waals surface area (Å²) >= 11 is 4.89. The number of pyridine rings is 1. The van der Waals surface area contributed by atoms with Crippen LogP contribution in [-0.4, -0.2) is 24.2 Å². The summed E-state index contributed by atoms with van der Waals surface area (Å²) in [7, 11) is 3.13. The van der Waals surface area contributed by atoms with Gasteiger partial charge in [0.2, 0.25) is 5.75 Å². The highest BCUT2D eigenvalue weighted by Gasteiger charge is 2.13. The molecule has 0 saturated heterocycles. The Morgan fingerprint density at radius 2 is 1.80 bits per heavy atom. The maximum Gasteiger partial charge on any atom is 0.210 e. The molecule has 20 heavy (non-hydrogen) atoms. The quantitative estimate of drug-likeness (QED) is 0.854. The van der Waals surface area contributed by atoms with E-state index in [0.717, 1.165) is 0 Å². The topological polar surface area (TPSA) is 66.6 Å². The summed E-state index contributed by atoms with van der Waals surface area (Å²) in [6.07, 6.45) is 1.58. The molecule has 1 aromatic heterocycles. The van der Waals surface area contributed by atoms with Crippen LogP contribution >= 0.6 is 12.2 Å². The first kappa shape index (κ1) is 14.1. The third-order valence-electron chi connectivity index (χ3n) is 2.59. The van der Waals surface area contributed by atoms with Crippen molar-refractivity contribution in [3.05, 3.63) is 42.2 Å². The van der Waals surface area contributed by atoms with Gasteiger partial charge in [-0.3, -0.25) is 4.98 Å². The summed E-state index contributed by atoms with van der Waals surface area (Å²) in [6, 6.07) is 8.75. The number of hydrogen-bond donors (Lipinski definition) is 1. The molecule has 0 spiro atoms. The zero-order valence-electron chi connectivity index (χ0n) is 11.1. The monoisotopic (exact) mass is 290 g/mol. The molecule has 1 aromatic carbocycles. The number of hydrogen-bond acceptors (Lipinski definition) is 5. The van der Waals surface area contributed by atoms with Gasteiger partial charge in [-0.25, -0.2) is 0 Å². The Kier molecular flexibility index (Phi) is 4.37. The number of thiocarbonyl (C=S) groups is 1. The van der Waals surface area contributed by atoms with Crippen LogP contribution in [0.1, 0.15) is 5.69 Å². The maximum atomic E-state index is 5.81. The molecule has 0 aliphatic heterocycles. The van der Waals surface area contributed by atoms with Crippen LogP contribution in [0.5, 0.6) is 23.0 Å². The van der Waals surface area contributed by atoms with Gasteiger partial charge >= 0.3 is 0 Å². The van der Waals surface area contributed by atoms with Crippen LogP contribution in [0.2, 0.25) is 0 Å². The average Bonchev–Trinajstić information content (AvgIpc) is 2.47. The molecule has 1 heterocycles. The van der Waals surface area contributed by atoms with Gasteiger partial charge < -0.3 is 19.9 Å². The van der Waals surface area contributed by atoms with Gasteiger partial charge in [0.15, 0.2) is 11.5 Å². The van der Waals surface area contributed by atoms with Crippen molar-refractivity contribution in [3.63, 3.8) is 0 Å². The molecule has 0 amide bonds. The van der Waals surface area contributed by atoms with Gasteiger partial charge in [0, 0.05) is 12.3 Å². The van der Waals surface area contributed by atoms with Gasteiger partial charge in [-0.2, -0.15) is 0 Å². The number of nitrogens with zero attached hydrogens (tertiary/aromatic N) is 1. The summed E-state index contributed by atoms with van der Waals surface area (Å²) in [5, 5.41) is 0. The number of rotatable bonds is 5. The van der Waals surface area contributed by atoms with Gasteiger partial charge in [-0.15, -0.1) is 0 Å². The molecule has 2 aromatic rings. The maximum absolute atomic E-state index is 5.81. The van der Waals surface area contributed by atoms with Crippen molar-refractivity contribution in [1.29, 1.82) is 0 Å². The fraction of sp³-hybridized carbons (Fsp3) is 0.143. The first-order valence-corrected chi connectivity index (χ1v) is 6.21. The molecule has 0 saturated carbocycles. The fourth-order valence-electron chi connectivity index (χ4n) is 1.65. The van der Waals surface area contributed by atoms with Gasteiger partial charge in [-0.1, -0.05) is 18.3 Å². The fourth-order valence-corrected chi connectivity index (χ4v) is 1.76. The lowest BCUT2D eigenvalue weighted by atomic mass is 10.3. The van der Waals surface area contributed by atoms with Crippen molar-refractivity contribution >= 4 is 17.2 Å². The zero-order valence-corrected chi connectivity index (χ0v) is 11.9. The van der Waals surface area contributed by atoms with E-state index in [2.05, 4.69) is 4.98 Å². The van der Waals surface area contributed by atoms with Crippen LogP contribution in [0.4, 0.5) is 0 Å². The van der Waals surface area contributed by atoms with E-state index >= 15 is 0 Å². The number of para-hydroxylation sites is 1. The smallest absolute Gasteiger partial charge is 0.210 e. The summed E-state index contributed by atoms with van der Waals surface area (Å²) in [6.45, 7) is 0. The second-order valence-electron chi connectivity index (χ2n) is 3.83. The van der Waals surface area contributed by atoms with Crippen molar-refractivity contribution in [2.24, 2.45) is 5.73 Å². The number of nitrogens with two attached hydrogens (primary N) is 1. The van der Waals surface area contributed by atoms with Crippen molar-refractivity contribution in [3.8, 4) is 23.0 Å². The van der Waals surface area contributed by atoms with Crippen molar-refractivity contribution in [2.75, 3.05) is 14.2 Å². The lowest BCUT2D eigenvalue weighted by molar-refractivity contribution is 0.346. The molecule has 0 aliphatic rings. The molecule has 2 N–H and O–H groups in total. The number of aromatic nitrogens is 1. The van der Waals surface area contributed by atoms with Crippen molar-refractivity contribution in [2.45, 2.75) is 0 Å². The third kappa shape index (κ3) is 2.97. The number of benzene rings is 1. The minimum absolute atomic E-state index is 0.211.